The van der Waals surface area contributed by atoms with Gasteiger partial charge >= 0.3 is 0 Å². The van der Waals surface area contributed by atoms with Crippen molar-refractivity contribution in [2.24, 2.45) is 23.7 Å². The van der Waals surface area contributed by atoms with Crippen LogP contribution in [-0.4, -0.2) is 0 Å². The van der Waals surface area contributed by atoms with Gasteiger partial charge in [-0.05, 0) is 115 Å². The molecule has 1 aliphatic carbocycles. The van der Waals surface area contributed by atoms with Crippen LogP contribution in [0.5, 0.6) is 0 Å². The van der Waals surface area contributed by atoms with Gasteiger partial charge in [-0.25, -0.2) is 0 Å². The third-order valence-corrected chi connectivity index (χ3v) is 10.7. The Labute approximate surface area is 336 Å². The maximum atomic E-state index is 9.01. The third kappa shape index (κ3) is 36.9. The van der Waals surface area contributed by atoms with Crippen molar-refractivity contribution in [2.45, 2.75) is 242 Å². The highest BCUT2D eigenvalue weighted by molar-refractivity contribution is 5.17. The molecule has 0 amide bonds. The van der Waals surface area contributed by atoms with Gasteiger partial charge in [0.1, 0.15) is 0 Å². The summed E-state index contributed by atoms with van der Waals surface area (Å²) in [5.74, 6) is 2.68. The van der Waals surface area contributed by atoms with Crippen molar-refractivity contribution in [3.63, 3.8) is 0 Å². The summed E-state index contributed by atoms with van der Waals surface area (Å²) in [4.78, 5) is 0. The summed E-state index contributed by atoms with van der Waals surface area (Å²) in [6, 6.07) is 2.35. The normalized spacial score (nSPS) is 16.8. The molecule has 0 N–H and O–H groups in total. The summed E-state index contributed by atoms with van der Waals surface area (Å²) in [7, 11) is 0. The Balaban J connectivity index is -0.00000251. The fraction of sp³-hybridized carbons (Fsp3) is 0.788. The Morgan fingerprint density at radius 2 is 1.23 bits per heavy atom. The monoisotopic (exact) mass is 736 g/mol. The van der Waals surface area contributed by atoms with E-state index in [1.54, 1.807) is 5.57 Å². The molecule has 0 aromatic carbocycles. The second-order valence-corrected chi connectivity index (χ2v) is 15.5. The minimum atomic E-state index is 0.158. The van der Waals surface area contributed by atoms with E-state index < -0.39 is 0 Å². The van der Waals surface area contributed by atoms with Crippen molar-refractivity contribution in [1.29, 1.82) is 5.26 Å². The molecule has 1 aliphatic rings. The van der Waals surface area contributed by atoms with E-state index in [4.69, 9.17) is 5.26 Å². The maximum Gasteiger partial charge on any atom is 0.0652 e. The molecule has 310 valence electrons. The summed E-state index contributed by atoms with van der Waals surface area (Å²) in [5, 5.41) is 9.01. The third-order valence-electron chi connectivity index (χ3n) is 10.7. The van der Waals surface area contributed by atoms with Crippen LogP contribution in [-0.2, 0) is 0 Å². The van der Waals surface area contributed by atoms with Crippen molar-refractivity contribution in [3.8, 4) is 6.07 Å². The van der Waals surface area contributed by atoms with Crippen LogP contribution in [0.25, 0.3) is 0 Å². The van der Waals surface area contributed by atoms with Crippen molar-refractivity contribution in [1.82, 2.24) is 0 Å². The van der Waals surface area contributed by atoms with Crippen LogP contribution in [0.15, 0.2) is 61.3 Å². The van der Waals surface area contributed by atoms with E-state index >= 15 is 0 Å². The van der Waals surface area contributed by atoms with Gasteiger partial charge in [-0.1, -0.05) is 193 Å². The fourth-order valence-electron chi connectivity index (χ4n) is 7.42. The second kappa shape index (κ2) is 46.3. The van der Waals surface area contributed by atoms with E-state index in [0.29, 0.717) is 0 Å². The molecule has 53 heavy (non-hydrogen) atoms. The molecule has 1 heteroatoms. The van der Waals surface area contributed by atoms with Crippen LogP contribution < -0.4 is 0 Å². The lowest BCUT2D eigenvalue weighted by atomic mass is 9.69. The first-order chi connectivity index (χ1) is 26.0. The number of allylic oxidation sites excluding steroid dienone is 7. The van der Waals surface area contributed by atoms with E-state index in [0.717, 1.165) is 43.4 Å². The van der Waals surface area contributed by atoms with E-state index in [9.17, 15) is 0 Å². The zero-order valence-electron chi connectivity index (χ0n) is 37.8. The zero-order chi connectivity index (χ0) is 40.2. The first-order valence-corrected chi connectivity index (χ1v) is 23.6. The molecule has 0 heterocycles. The van der Waals surface area contributed by atoms with Gasteiger partial charge in [0.05, 0.1) is 6.07 Å². The van der Waals surface area contributed by atoms with E-state index in [1.807, 2.05) is 40.7 Å². The van der Waals surface area contributed by atoms with Crippen molar-refractivity contribution in [2.75, 3.05) is 0 Å². The number of hydrogen-bond acceptors (Lipinski definition) is 1. The summed E-state index contributed by atoms with van der Waals surface area (Å²) >= 11 is 0. The fourth-order valence-corrected chi connectivity index (χ4v) is 7.42. The smallest absolute Gasteiger partial charge is 0.0652 e. The minimum Gasteiger partial charge on any atom is -0.198 e. The summed E-state index contributed by atoms with van der Waals surface area (Å²) < 4.78 is 0. The van der Waals surface area contributed by atoms with E-state index in [1.165, 1.54) is 166 Å². The molecule has 0 radical (unpaired) electrons. The molecular formula is C52H97N. The van der Waals surface area contributed by atoms with Crippen LogP contribution in [0.1, 0.15) is 242 Å². The molecule has 0 saturated heterocycles. The Bertz CT molecular complexity index is 868. The SMILES string of the molecule is C=CCCC.C=CCCCCCCCC1CC(CCCCCC)C(C/C=C/CCCCC)=CC1CCCCCCCC(=C)CCC(C)C#N.CC.CC. The minimum absolute atomic E-state index is 0.158. The van der Waals surface area contributed by atoms with Gasteiger partial charge < -0.3 is 0 Å². The summed E-state index contributed by atoms with van der Waals surface area (Å²) in [5.41, 5.74) is 3.14. The number of nitriles is 1. The van der Waals surface area contributed by atoms with Gasteiger partial charge in [0.2, 0.25) is 0 Å². The molecule has 1 nitrogen and oxygen atoms in total. The Morgan fingerprint density at radius 3 is 1.83 bits per heavy atom. The topological polar surface area (TPSA) is 23.8 Å². The molecular weight excluding hydrogens is 639 g/mol. The summed E-state index contributed by atoms with van der Waals surface area (Å²) in [6.45, 7) is 28.5. The first kappa shape index (κ1) is 55.5. The first-order valence-electron chi connectivity index (χ1n) is 23.6. The van der Waals surface area contributed by atoms with E-state index in [-0.39, 0.29) is 5.92 Å². The standard InChI is InChI=1S/C43H75N.C5H10.2C2H6/c1-6-9-12-15-17-21-26-31-42-35-40(29-24-14-11-8-3)41(30-25-20-16-13-10-7-2)36-43(42)32-27-22-18-19-23-28-38(4)33-34-39(5)37-44;1-3-5-4-2;2*1-2/h6,20,25,36,39-40,42-43H,1,4,7-19,21-24,26-35H2,2-3,5H3;3H,1,4-5H2,2H3;2*1-2H3/b25-20+;;;. The lowest BCUT2D eigenvalue weighted by molar-refractivity contribution is 0.247. The predicted octanol–water partition coefficient (Wildman–Crippen LogP) is 18.8. The molecule has 4 atom stereocenters. The van der Waals surface area contributed by atoms with Gasteiger partial charge in [0, 0.05) is 5.92 Å². The number of unbranched alkanes of at least 4 members (excludes halogenated alkanes) is 16. The van der Waals surface area contributed by atoms with Gasteiger partial charge in [-0.15, -0.1) is 13.2 Å². The second-order valence-electron chi connectivity index (χ2n) is 15.5. The molecule has 0 spiro atoms. The molecule has 1 rings (SSSR count). The lowest BCUT2D eigenvalue weighted by Crippen LogP contribution is -2.24. The Morgan fingerprint density at radius 1 is 0.679 bits per heavy atom. The van der Waals surface area contributed by atoms with Gasteiger partial charge in [0.15, 0.2) is 0 Å². The van der Waals surface area contributed by atoms with Gasteiger partial charge in [0.25, 0.3) is 0 Å². The van der Waals surface area contributed by atoms with Crippen LogP contribution in [0.2, 0.25) is 0 Å². The quantitative estimate of drug-likeness (QED) is 0.0498. The summed E-state index contributed by atoms with van der Waals surface area (Å²) in [6.07, 6.45) is 50.0. The van der Waals surface area contributed by atoms with Crippen LogP contribution in [0.4, 0.5) is 0 Å². The van der Waals surface area contributed by atoms with Gasteiger partial charge in [-0.3, -0.25) is 0 Å². The highest BCUT2D eigenvalue weighted by atomic mass is 14.3. The van der Waals surface area contributed by atoms with Crippen LogP contribution in [0, 0.1) is 35.0 Å². The molecule has 0 aromatic heterocycles. The number of rotatable bonds is 32. The number of hydrogen-bond donors (Lipinski definition) is 0. The molecule has 0 aromatic rings. The predicted molar refractivity (Wildman–Crippen MR) is 246 cm³/mol. The highest BCUT2D eigenvalue weighted by Crippen LogP contribution is 2.42. The van der Waals surface area contributed by atoms with Gasteiger partial charge in [-0.2, -0.15) is 5.26 Å². The van der Waals surface area contributed by atoms with E-state index in [2.05, 4.69) is 70.9 Å². The molecule has 0 bridgehead atoms. The molecule has 0 saturated carbocycles. The molecule has 4 unspecified atom stereocenters. The van der Waals surface area contributed by atoms with Crippen LogP contribution >= 0.6 is 0 Å². The largest absolute Gasteiger partial charge is 0.198 e. The van der Waals surface area contributed by atoms with Crippen molar-refractivity contribution >= 4 is 0 Å². The van der Waals surface area contributed by atoms with Crippen LogP contribution in [0.3, 0.4) is 0 Å². The molecule has 0 aliphatic heterocycles. The van der Waals surface area contributed by atoms with Crippen molar-refractivity contribution < 1.29 is 0 Å². The number of nitrogens with zero attached hydrogens (tertiary/aromatic N) is 1. The lowest BCUT2D eigenvalue weighted by Gasteiger charge is -2.36. The highest BCUT2D eigenvalue weighted by Gasteiger charge is 2.29. The zero-order valence-corrected chi connectivity index (χ0v) is 37.8. The average molecular weight is 736 g/mol. The molecule has 0 fully saturated rings. The maximum absolute atomic E-state index is 9.01. The van der Waals surface area contributed by atoms with Crippen molar-refractivity contribution in [3.05, 3.63) is 61.3 Å². The Kier molecular flexibility index (Phi) is 48.6. The average Bonchev–Trinajstić information content (AvgIpc) is 3.19. The Hall–Kier alpha value is -1.81.